The third-order valence-corrected chi connectivity index (χ3v) is 5.42. The minimum atomic E-state index is -4.76. The largest absolute Gasteiger partial charge is 0.418 e. The van der Waals surface area contributed by atoms with Crippen molar-refractivity contribution in [2.75, 3.05) is 37.0 Å². The highest BCUT2D eigenvalue weighted by molar-refractivity contribution is 6.09. The summed E-state index contributed by atoms with van der Waals surface area (Å²) >= 11 is 0. The van der Waals surface area contributed by atoms with E-state index in [9.17, 15) is 27.6 Å². The normalized spacial score (nSPS) is 18.8. The maximum absolute atomic E-state index is 13.7. The number of amides is 3. The van der Waals surface area contributed by atoms with Gasteiger partial charge in [-0.2, -0.15) is 13.2 Å². The topological polar surface area (TPSA) is 105 Å². The summed E-state index contributed by atoms with van der Waals surface area (Å²) in [5.74, 6) is -2.27. The van der Waals surface area contributed by atoms with Gasteiger partial charge in [0.1, 0.15) is 6.61 Å². The maximum Gasteiger partial charge on any atom is 0.418 e. The summed E-state index contributed by atoms with van der Waals surface area (Å²) in [6.07, 6.45) is -2.17. The highest BCUT2D eigenvalue weighted by atomic mass is 19.4. The van der Waals surface area contributed by atoms with E-state index in [1.54, 1.807) is 11.9 Å². The van der Waals surface area contributed by atoms with Crippen molar-refractivity contribution in [2.24, 2.45) is 5.73 Å². The quantitative estimate of drug-likeness (QED) is 0.666. The number of carbonyl (C=O) groups is 3. The summed E-state index contributed by atoms with van der Waals surface area (Å²) in [7, 11) is 1.59. The van der Waals surface area contributed by atoms with Crippen LogP contribution in [0.3, 0.4) is 0 Å². The third-order valence-electron chi connectivity index (χ3n) is 5.42. The molecular weight excluding hydrogens is 405 g/mol. The Kier molecular flexibility index (Phi) is 6.32. The number of likely N-dealkylation sites (N-methyl/N-ethyl adjacent to an activating group) is 1. The number of anilines is 2. The molecule has 1 aliphatic heterocycles. The number of nitrogens with one attached hydrogen (secondary N) is 1. The number of ether oxygens (including phenoxy) is 1. The number of nitrogens with two attached hydrogens (primary N) is 1. The molecule has 0 unspecified atom stereocenters. The lowest BCUT2D eigenvalue weighted by atomic mass is 9.90. The van der Waals surface area contributed by atoms with Crippen LogP contribution in [0.15, 0.2) is 18.2 Å². The van der Waals surface area contributed by atoms with E-state index in [-0.39, 0.29) is 37.2 Å². The fourth-order valence-electron chi connectivity index (χ4n) is 3.58. The van der Waals surface area contributed by atoms with Gasteiger partial charge in [0, 0.05) is 18.3 Å². The number of rotatable bonds is 6. The molecule has 0 spiro atoms. The number of primary amides is 1. The maximum atomic E-state index is 13.7. The summed E-state index contributed by atoms with van der Waals surface area (Å²) < 4.78 is 45.9. The number of benzene rings is 1. The summed E-state index contributed by atoms with van der Waals surface area (Å²) in [6.45, 7) is -0.192. The van der Waals surface area contributed by atoms with Crippen LogP contribution in [0.2, 0.25) is 0 Å². The second kappa shape index (κ2) is 8.60. The van der Waals surface area contributed by atoms with Gasteiger partial charge in [-0.25, -0.2) is 0 Å². The van der Waals surface area contributed by atoms with Gasteiger partial charge in [-0.3, -0.25) is 19.3 Å². The molecule has 30 heavy (non-hydrogen) atoms. The van der Waals surface area contributed by atoms with Gasteiger partial charge < -0.3 is 20.7 Å². The number of alkyl halides is 3. The molecule has 1 heterocycles. The molecule has 1 atom stereocenters. The van der Waals surface area contributed by atoms with Crippen LogP contribution in [0.25, 0.3) is 0 Å². The highest BCUT2D eigenvalue weighted by Crippen LogP contribution is 2.39. The SMILES string of the molecule is CN(C1CCC1)[C@@H](C(N)=O)C(=O)Nc1ccc(N2CCOCC2=O)c(C(F)(F)F)c1. The molecule has 8 nitrogen and oxygen atoms in total. The van der Waals surface area contributed by atoms with E-state index < -0.39 is 35.5 Å². The molecule has 1 aromatic carbocycles. The van der Waals surface area contributed by atoms with Gasteiger partial charge in [0.15, 0.2) is 6.04 Å². The number of nitrogens with zero attached hydrogens (tertiary/aromatic N) is 2. The Morgan fingerprint density at radius 1 is 1.33 bits per heavy atom. The predicted molar refractivity (Wildman–Crippen MR) is 102 cm³/mol. The van der Waals surface area contributed by atoms with Crippen molar-refractivity contribution in [3.63, 3.8) is 0 Å². The Labute approximate surface area is 171 Å². The molecule has 3 N–H and O–H groups in total. The molecular formula is C19H23F3N4O4. The lowest BCUT2D eigenvalue weighted by Gasteiger charge is -2.37. The van der Waals surface area contributed by atoms with Crippen LogP contribution in [-0.2, 0) is 25.3 Å². The second-order valence-corrected chi connectivity index (χ2v) is 7.37. The zero-order chi connectivity index (χ0) is 22.1. The van der Waals surface area contributed by atoms with Gasteiger partial charge in [-0.05, 0) is 38.1 Å². The zero-order valence-electron chi connectivity index (χ0n) is 16.4. The van der Waals surface area contributed by atoms with Gasteiger partial charge in [0.05, 0.1) is 17.9 Å². The smallest absolute Gasteiger partial charge is 0.370 e. The Balaban J connectivity index is 1.86. The molecule has 3 rings (SSSR count). The molecule has 0 aromatic heterocycles. The number of halogens is 3. The summed E-state index contributed by atoms with van der Waals surface area (Å²) in [6, 6.07) is 1.85. The van der Waals surface area contributed by atoms with Crippen LogP contribution in [0.1, 0.15) is 24.8 Å². The number of hydrogen-bond donors (Lipinski definition) is 2. The van der Waals surface area contributed by atoms with Gasteiger partial charge in [0.25, 0.3) is 11.8 Å². The Hall–Kier alpha value is -2.66. The Bertz CT molecular complexity index is 842. The first-order chi connectivity index (χ1) is 14.1. The third kappa shape index (κ3) is 4.57. The van der Waals surface area contributed by atoms with Crippen LogP contribution < -0.4 is 16.0 Å². The second-order valence-electron chi connectivity index (χ2n) is 7.37. The molecule has 0 bridgehead atoms. The van der Waals surface area contributed by atoms with E-state index in [0.717, 1.165) is 36.3 Å². The van der Waals surface area contributed by atoms with Crippen molar-refractivity contribution >= 4 is 29.1 Å². The van der Waals surface area contributed by atoms with Crippen LogP contribution in [0.5, 0.6) is 0 Å². The lowest BCUT2D eigenvalue weighted by molar-refractivity contribution is -0.138. The van der Waals surface area contributed by atoms with Gasteiger partial charge in [-0.15, -0.1) is 0 Å². The standard InChI is InChI=1S/C19H23F3N4O4/c1-25(12-3-2-4-12)16(17(23)28)18(29)24-11-5-6-14(13(9-11)19(20,21)22)26-7-8-30-10-15(26)27/h5-6,9,12,16H,2-4,7-8,10H2,1H3,(H2,23,28)(H,24,29)/t16-/m0/s1. The zero-order valence-corrected chi connectivity index (χ0v) is 16.4. The van der Waals surface area contributed by atoms with Crippen LogP contribution in [0, 0.1) is 0 Å². The minimum absolute atomic E-state index is 0.0104. The van der Waals surface area contributed by atoms with Crippen molar-refractivity contribution in [3.8, 4) is 0 Å². The number of hydrogen-bond acceptors (Lipinski definition) is 5. The molecule has 11 heteroatoms. The van der Waals surface area contributed by atoms with Gasteiger partial charge >= 0.3 is 6.18 Å². The predicted octanol–water partition coefficient (Wildman–Crippen LogP) is 1.35. The van der Waals surface area contributed by atoms with Crippen molar-refractivity contribution in [2.45, 2.75) is 37.5 Å². The molecule has 2 fully saturated rings. The fourth-order valence-corrected chi connectivity index (χ4v) is 3.58. The van der Waals surface area contributed by atoms with E-state index >= 15 is 0 Å². The average Bonchev–Trinajstić information content (AvgIpc) is 2.60. The van der Waals surface area contributed by atoms with Gasteiger partial charge in [0.2, 0.25) is 5.91 Å². The molecule has 1 aliphatic carbocycles. The van der Waals surface area contributed by atoms with E-state index in [1.807, 2.05) is 0 Å². The molecule has 1 aromatic rings. The van der Waals surface area contributed by atoms with E-state index in [1.165, 1.54) is 6.07 Å². The van der Waals surface area contributed by atoms with E-state index in [2.05, 4.69) is 5.32 Å². The summed E-state index contributed by atoms with van der Waals surface area (Å²) in [4.78, 5) is 39.0. The highest BCUT2D eigenvalue weighted by Gasteiger charge is 2.38. The molecule has 3 amide bonds. The first kappa shape index (κ1) is 22.0. The van der Waals surface area contributed by atoms with Crippen molar-refractivity contribution < 1.29 is 32.3 Å². The average molecular weight is 428 g/mol. The monoisotopic (exact) mass is 428 g/mol. The first-order valence-electron chi connectivity index (χ1n) is 9.51. The Morgan fingerprint density at radius 3 is 2.57 bits per heavy atom. The van der Waals surface area contributed by atoms with Crippen molar-refractivity contribution in [1.29, 1.82) is 0 Å². The van der Waals surface area contributed by atoms with E-state index in [4.69, 9.17) is 10.5 Å². The minimum Gasteiger partial charge on any atom is -0.370 e. The van der Waals surface area contributed by atoms with Crippen LogP contribution in [0.4, 0.5) is 24.5 Å². The number of morpholine rings is 1. The van der Waals surface area contributed by atoms with Crippen LogP contribution in [-0.4, -0.2) is 61.5 Å². The molecule has 164 valence electrons. The van der Waals surface area contributed by atoms with Gasteiger partial charge in [-0.1, -0.05) is 6.42 Å². The summed E-state index contributed by atoms with van der Waals surface area (Å²) in [5.41, 5.74) is 3.84. The lowest BCUT2D eigenvalue weighted by Crippen LogP contribution is -2.55. The Morgan fingerprint density at radius 2 is 2.03 bits per heavy atom. The van der Waals surface area contributed by atoms with Crippen molar-refractivity contribution in [3.05, 3.63) is 23.8 Å². The first-order valence-corrected chi connectivity index (χ1v) is 9.51. The fraction of sp³-hybridized carbons (Fsp3) is 0.526. The van der Waals surface area contributed by atoms with Crippen molar-refractivity contribution in [1.82, 2.24) is 4.90 Å². The number of carbonyl (C=O) groups excluding carboxylic acids is 3. The molecule has 1 saturated carbocycles. The molecule has 1 saturated heterocycles. The summed E-state index contributed by atoms with van der Waals surface area (Å²) in [5, 5.41) is 2.35. The van der Waals surface area contributed by atoms with Crippen LogP contribution >= 0.6 is 0 Å². The molecule has 0 radical (unpaired) electrons. The van der Waals surface area contributed by atoms with E-state index in [0.29, 0.717) is 0 Å². The molecule has 2 aliphatic rings.